The summed E-state index contributed by atoms with van der Waals surface area (Å²) in [6.07, 6.45) is 0.0905. The van der Waals surface area contributed by atoms with Crippen LogP contribution < -0.4 is 15.5 Å². The lowest BCUT2D eigenvalue weighted by Gasteiger charge is -2.19. The molecule has 2 N–H and O–H groups in total. The molecule has 9 heteroatoms. The van der Waals surface area contributed by atoms with Crippen molar-refractivity contribution in [1.82, 2.24) is 15.6 Å². The van der Waals surface area contributed by atoms with E-state index in [0.29, 0.717) is 10.0 Å². The van der Waals surface area contributed by atoms with E-state index >= 15 is 0 Å². The number of hydrogen-bond donors (Lipinski definition) is 2. The van der Waals surface area contributed by atoms with E-state index in [-0.39, 0.29) is 25.4 Å². The summed E-state index contributed by atoms with van der Waals surface area (Å²) in [5, 5.41) is 14.7. The SMILES string of the molecule is CN(c1ccc(Cl)cc1)c1ccc2sc(CC(=O)NCC(=O)NCC#N)nc2c1. The van der Waals surface area contributed by atoms with E-state index in [1.807, 2.05) is 54.4 Å². The molecular weight excluding hydrogens is 410 g/mol. The number of halogens is 1. The maximum atomic E-state index is 12.0. The molecule has 0 aliphatic heterocycles. The van der Waals surface area contributed by atoms with Gasteiger partial charge in [-0.05, 0) is 42.5 Å². The molecule has 3 rings (SSSR count). The van der Waals surface area contributed by atoms with Crippen LogP contribution in [0.2, 0.25) is 5.02 Å². The number of thiazole rings is 1. The summed E-state index contributed by atoms with van der Waals surface area (Å²) in [6.45, 7) is -0.249. The van der Waals surface area contributed by atoms with E-state index in [0.717, 1.165) is 21.6 Å². The van der Waals surface area contributed by atoms with E-state index in [9.17, 15) is 9.59 Å². The molecule has 0 bridgehead atoms. The van der Waals surface area contributed by atoms with Gasteiger partial charge in [0.25, 0.3) is 0 Å². The molecule has 0 fully saturated rings. The number of aromatic nitrogens is 1. The molecule has 7 nitrogen and oxygen atoms in total. The Hall–Kier alpha value is -3.15. The number of carbonyl (C=O) groups is 2. The zero-order valence-corrected chi connectivity index (χ0v) is 17.2. The summed E-state index contributed by atoms with van der Waals surface area (Å²) in [5.41, 5.74) is 2.77. The Morgan fingerprint density at radius 1 is 1.14 bits per heavy atom. The fourth-order valence-electron chi connectivity index (χ4n) is 2.64. The third-order valence-electron chi connectivity index (χ3n) is 4.14. The molecule has 1 heterocycles. The van der Waals surface area contributed by atoms with Gasteiger partial charge in [0.1, 0.15) is 11.6 Å². The largest absolute Gasteiger partial charge is 0.347 e. The Bertz CT molecular complexity index is 1070. The van der Waals surface area contributed by atoms with Gasteiger partial charge in [-0.1, -0.05) is 11.6 Å². The van der Waals surface area contributed by atoms with Crippen molar-refractivity contribution in [2.24, 2.45) is 0 Å². The topological polar surface area (TPSA) is 98.1 Å². The predicted octanol–water partition coefficient (Wildman–Crippen LogP) is 3.02. The van der Waals surface area contributed by atoms with Crippen LogP contribution in [0.1, 0.15) is 5.01 Å². The van der Waals surface area contributed by atoms with Gasteiger partial charge >= 0.3 is 0 Å². The minimum absolute atomic E-state index is 0.0840. The van der Waals surface area contributed by atoms with E-state index < -0.39 is 5.91 Å². The van der Waals surface area contributed by atoms with Crippen LogP contribution in [0.3, 0.4) is 0 Å². The van der Waals surface area contributed by atoms with Gasteiger partial charge in [-0.2, -0.15) is 5.26 Å². The van der Waals surface area contributed by atoms with Crippen molar-refractivity contribution in [3.63, 3.8) is 0 Å². The van der Waals surface area contributed by atoms with E-state index in [4.69, 9.17) is 16.9 Å². The van der Waals surface area contributed by atoms with Crippen LogP contribution in [-0.2, 0) is 16.0 Å². The molecule has 2 amide bonds. The molecule has 3 aromatic rings. The molecule has 0 saturated carbocycles. The average molecular weight is 428 g/mol. The van der Waals surface area contributed by atoms with Crippen LogP contribution in [0.4, 0.5) is 11.4 Å². The minimum atomic E-state index is -0.404. The highest BCUT2D eigenvalue weighted by atomic mass is 35.5. The number of carbonyl (C=O) groups excluding carboxylic acids is 2. The number of hydrogen-bond acceptors (Lipinski definition) is 6. The molecule has 0 aliphatic rings. The molecule has 29 heavy (non-hydrogen) atoms. The standard InChI is InChI=1S/C20H18ClN5O2S/c1-26(14-4-2-13(21)3-5-14)15-6-7-17-16(10-15)25-20(29-17)11-18(27)24-12-19(28)23-9-8-22/h2-7,10H,9,11-12H2,1H3,(H,23,28)(H,24,27). The highest BCUT2D eigenvalue weighted by molar-refractivity contribution is 7.18. The van der Waals surface area contributed by atoms with Gasteiger partial charge in [0.05, 0.1) is 29.3 Å². The lowest BCUT2D eigenvalue weighted by atomic mass is 10.2. The van der Waals surface area contributed by atoms with E-state index in [1.165, 1.54) is 11.3 Å². The Balaban J connectivity index is 1.66. The van der Waals surface area contributed by atoms with Gasteiger partial charge < -0.3 is 15.5 Å². The summed E-state index contributed by atoms with van der Waals surface area (Å²) in [4.78, 5) is 30.1. The number of nitriles is 1. The first kappa shape index (κ1) is 20.6. The average Bonchev–Trinajstić information content (AvgIpc) is 3.12. The maximum absolute atomic E-state index is 12.0. The summed E-state index contributed by atoms with van der Waals surface area (Å²) in [6, 6.07) is 15.3. The Labute approximate surface area is 176 Å². The number of rotatable bonds is 7. The predicted molar refractivity (Wildman–Crippen MR) is 114 cm³/mol. The molecule has 0 aliphatic carbocycles. The Kier molecular flexibility index (Phi) is 6.65. The normalized spacial score (nSPS) is 10.4. The number of anilines is 2. The summed E-state index contributed by atoms with van der Waals surface area (Å²) >= 11 is 7.39. The van der Waals surface area contributed by atoms with Gasteiger partial charge in [0.15, 0.2) is 0 Å². The summed E-state index contributed by atoms with van der Waals surface area (Å²) in [5.74, 6) is -0.700. The smallest absolute Gasteiger partial charge is 0.240 e. The first-order valence-electron chi connectivity index (χ1n) is 8.75. The van der Waals surface area contributed by atoms with Crippen molar-refractivity contribution >= 4 is 56.3 Å². The molecule has 1 aromatic heterocycles. The Morgan fingerprint density at radius 2 is 1.86 bits per heavy atom. The van der Waals surface area contributed by atoms with Crippen molar-refractivity contribution in [1.29, 1.82) is 5.26 Å². The zero-order chi connectivity index (χ0) is 20.8. The van der Waals surface area contributed by atoms with Gasteiger partial charge in [0, 0.05) is 23.4 Å². The van der Waals surface area contributed by atoms with Crippen LogP contribution in [0.5, 0.6) is 0 Å². The molecule has 0 unspecified atom stereocenters. The second kappa shape index (κ2) is 9.37. The fourth-order valence-corrected chi connectivity index (χ4v) is 3.71. The lowest BCUT2D eigenvalue weighted by Crippen LogP contribution is -2.37. The Morgan fingerprint density at radius 3 is 2.59 bits per heavy atom. The molecule has 0 atom stereocenters. The van der Waals surface area contributed by atoms with Gasteiger partial charge in [0.2, 0.25) is 11.8 Å². The highest BCUT2D eigenvalue weighted by Gasteiger charge is 2.12. The van der Waals surface area contributed by atoms with Crippen molar-refractivity contribution in [3.05, 3.63) is 52.5 Å². The fraction of sp³-hybridized carbons (Fsp3) is 0.200. The number of amides is 2. The zero-order valence-electron chi connectivity index (χ0n) is 15.6. The minimum Gasteiger partial charge on any atom is -0.347 e. The van der Waals surface area contributed by atoms with Crippen LogP contribution in [-0.4, -0.2) is 36.9 Å². The third-order valence-corrected chi connectivity index (χ3v) is 5.43. The van der Waals surface area contributed by atoms with Gasteiger partial charge in [-0.3, -0.25) is 9.59 Å². The van der Waals surface area contributed by atoms with Crippen molar-refractivity contribution in [2.75, 3.05) is 25.0 Å². The van der Waals surface area contributed by atoms with Gasteiger partial charge in [-0.25, -0.2) is 4.98 Å². The second-order valence-electron chi connectivity index (χ2n) is 6.18. The number of nitrogens with one attached hydrogen (secondary N) is 2. The number of nitrogens with zero attached hydrogens (tertiary/aromatic N) is 3. The first-order valence-corrected chi connectivity index (χ1v) is 9.95. The summed E-state index contributed by atoms with van der Waals surface area (Å²) in [7, 11) is 1.96. The quantitative estimate of drug-likeness (QED) is 0.565. The van der Waals surface area contributed by atoms with Crippen LogP contribution in [0, 0.1) is 11.3 Å². The van der Waals surface area contributed by atoms with Crippen molar-refractivity contribution < 1.29 is 9.59 Å². The summed E-state index contributed by atoms with van der Waals surface area (Å²) < 4.78 is 0.979. The molecule has 2 aromatic carbocycles. The van der Waals surface area contributed by atoms with Crippen LogP contribution >= 0.6 is 22.9 Å². The molecule has 148 valence electrons. The van der Waals surface area contributed by atoms with Crippen molar-refractivity contribution in [2.45, 2.75) is 6.42 Å². The number of benzene rings is 2. The van der Waals surface area contributed by atoms with Crippen LogP contribution in [0.25, 0.3) is 10.2 Å². The first-order chi connectivity index (χ1) is 14.0. The second-order valence-corrected chi connectivity index (χ2v) is 7.74. The molecule has 0 radical (unpaired) electrons. The van der Waals surface area contributed by atoms with Crippen LogP contribution in [0.15, 0.2) is 42.5 Å². The molecule has 0 spiro atoms. The maximum Gasteiger partial charge on any atom is 0.240 e. The van der Waals surface area contributed by atoms with Gasteiger partial charge in [-0.15, -0.1) is 11.3 Å². The van der Waals surface area contributed by atoms with E-state index in [1.54, 1.807) is 6.07 Å². The molecular formula is C20H18ClN5O2S. The van der Waals surface area contributed by atoms with E-state index in [2.05, 4.69) is 15.6 Å². The highest BCUT2D eigenvalue weighted by Crippen LogP contribution is 2.30. The van der Waals surface area contributed by atoms with Crippen molar-refractivity contribution in [3.8, 4) is 6.07 Å². The number of fused-ring (bicyclic) bond motifs is 1. The monoisotopic (exact) mass is 427 g/mol. The molecule has 0 saturated heterocycles. The third kappa shape index (κ3) is 5.44. The lowest BCUT2D eigenvalue weighted by molar-refractivity contribution is -0.125.